The van der Waals surface area contributed by atoms with E-state index >= 15 is 0 Å². The van der Waals surface area contributed by atoms with Crippen molar-refractivity contribution in [3.05, 3.63) is 11.6 Å². The lowest BCUT2D eigenvalue weighted by molar-refractivity contribution is -0.0333. The summed E-state index contributed by atoms with van der Waals surface area (Å²) in [5.74, 6) is -1.29. The van der Waals surface area contributed by atoms with Crippen LogP contribution in [0.25, 0.3) is 0 Å². The first kappa shape index (κ1) is 15.8. The smallest absolute Gasteiger partial charge is 0.244 e. The minimum Gasteiger partial charge on any atom is -0.244 e. The van der Waals surface area contributed by atoms with Gasteiger partial charge in [-0.2, -0.15) is 9.40 Å². The highest BCUT2D eigenvalue weighted by Gasteiger charge is 2.45. The Hall–Kier alpha value is -1.09. The lowest BCUT2D eigenvalue weighted by Gasteiger charge is -2.41. The number of alkyl halides is 2. The molecule has 0 unspecified atom stereocenters. The van der Waals surface area contributed by atoms with Crippen LogP contribution in [0.2, 0.25) is 0 Å². The van der Waals surface area contributed by atoms with Gasteiger partial charge in [-0.05, 0) is 26.7 Å². The van der Waals surface area contributed by atoms with Crippen LogP contribution in [0.3, 0.4) is 0 Å². The summed E-state index contributed by atoms with van der Waals surface area (Å²) in [6.07, 6.45) is -0.596. The molecular weight excluding hydrogens is 314 g/mol. The molecule has 1 aromatic rings. The summed E-state index contributed by atoms with van der Waals surface area (Å²) in [6.45, 7) is 4.32. The Balaban J connectivity index is 1.63. The van der Waals surface area contributed by atoms with E-state index < -0.39 is 21.2 Å². The van der Waals surface area contributed by atoms with E-state index in [9.17, 15) is 17.2 Å². The largest absolute Gasteiger partial charge is 0.248 e. The third kappa shape index (κ3) is 2.76. The predicted octanol–water partition coefficient (Wildman–Crippen LogP) is 1.66. The van der Waals surface area contributed by atoms with Gasteiger partial charge < -0.3 is 0 Å². The van der Waals surface area contributed by atoms with E-state index in [1.165, 1.54) is 4.31 Å². The van der Waals surface area contributed by atoms with Crippen molar-refractivity contribution in [2.75, 3.05) is 13.1 Å². The van der Waals surface area contributed by atoms with Crippen LogP contribution in [0.4, 0.5) is 8.78 Å². The zero-order chi connectivity index (χ0) is 16.1. The van der Waals surface area contributed by atoms with Crippen LogP contribution in [-0.2, 0) is 10.0 Å². The summed E-state index contributed by atoms with van der Waals surface area (Å²) in [6, 6.07) is -0.0130. The first-order valence-electron chi connectivity index (χ1n) is 7.45. The van der Waals surface area contributed by atoms with Gasteiger partial charge in [0.1, 0.15) is 11.6 Å². The van der Waals surface area contributed by atoms with E-state index in [1.807, 2.05) is 6.92 Å². The lowest BCUT2D eigenvalue weighted by atomic mass is 9.96. The van der Waals surface area contributed by atoms with Gasteiger partial charge in [0, 0.05) is 25.9 Å². The standard InChI is InChI=1S/C13H20F2N4O2S/c1-9-16-10(2)19(17-9)11-7-18(8-11)22(20,21)12-3-5-13(14,15)6-4-12/h11-12H,3-8H2,1-2H3. The fourth-order valence-corrected chi connectivity index (χ4v) is 5.20. The topological polar surface area (TPSA) is 68.1 Å². The Morgan fingerprint density at radius 3 is 2.27 bits per heavy atom. The maximum Gasteiger partial charge on any atom is 0.248 e. The molecule has 0 aromatic carbocycles. The van der Waals surface area contributed by atoms with Crippen LogP contribution in [0.15, 0.2) is 0 Å². The van der Waals surface area contributed by atoms with E-state index in [0.717, 1.165) is 5.82 Å². The lowest BCUT2D eigenvalue weighted by Crippen LogP contribution is -2.54. The molecule has 1 aromatic heterocycles. The molecule has 1 aliphatic heterocycles. The number of aryl methyl sites for hydroxylation is 2. The Morgan fingerprint density at radius 1 is 1.18 bits per heavy atom. The van der Waals surface area contributed by atoms with E-state index in [0.29, 0.717) is 18.9 Å². The van der Waals surface area contributed by atoms with Crippen molar-refractivity contribution >= 4 is 10.0 Å². The molecule has 0 spiro atoms. The molecule has 0 N–H and O–H groups in total. The Kier molecular flexibility index (Phi) is 3.75. The molecule has 1 aliphatic carbocycles. The Labute approximate surface area is 128 Å². The van der Waals surface area contributed by atoms with Crippen molar-refractivity contribution < 1.29 is 17.2 Å². The van der Waals surface area contributed by atoms with Gasteiger partial charge in [-0.1, -0.05) is 0 Å². The summed E-state index contributed by atoms with van der Waals surface area (Å²) in [4.78, 5) is 4.21. The quantitative estimate of drug-likeness (QED) is 0.843. The molecule has 0 amide bonds. The molecule has 124 valence electrons. The highest BCUT2D eigenvalue weighted by molar-refractivity contribution is 7.89. The zero-order valence-electron chi connectivity index (χ0n) is 12.7. The average Bonchev–Trinajstić information content (AvgIpc) is 2.65. The first-order chi connectivity index (χ1) is 10.2. The molecule has 2 heterocycles. The second-order valence-electron chi connectivity index (χ2n) is 6.22. The Morgan fingerprint density at radius 2 is 1.77 bits per heavy atom. The number of sulfonamides is 1. The molecule has 0 radical (unpaired) electrons. The number of aromatic nitrogens is 3. The fraction of sp³-hybridized carbons (Fsp3) is 0.846. The summed E-state index contributed by atoms with van der Waals surface area (Å²) < 4.78 is 54.4. The number of hydrogen-bond donors (Lipinski definition) is 0. The van der Waals surface area contributed by atoms with Gasteiger partial charge in [-0.25, -0.2) is 26.9 Å². The number of hydrogen-bond acceptors (Lipinski definition) is 4. The Bertz CT molecular complexity index is 658. The van der Waals surface area contributed by atoms with Crippen molar-refractivity contribution in [1.82, 2.24) is 19.1 Å². The van der Waals surface area contributed by atoms with Gasteiger partial charge in [0.2, 0.25) is 15.9 Å². The molecule has 1 saturated carbocycles. The molecule has 3 rings (SSSR count). The average molecular weight is 334 g/mol. The molecule has 6 nitrogen and oxygen atoms in total. The van der Waals surface area contributed by atoms with Gasteiger partial charge in [-0.15, -0.1) is 0 Å². The molecule has 0 bridgehead atoms. The SMILES string of the molecule is Cc1nc(C)n(C2CN(S(=O)(=O)C3CCC(F)(F)CC3)C2)n1. The van der Waals surface area contributed by atoms with E-state index in [1.54, 1.807) is 11.6 Å². The van der Waals surface area contributed by atoms with E-state index in [2.05, 4.69) is 10.1 Å². The molecule has 0 atom stereocenters. The normalized spacial score (nSPS) is 24.4. The maximum atomic E-state index is 13.2. The third-order valence-corrected chi connectivity index (χ3v) is 6.86. The van der Waals surface area contributed by atoms with Crippen molar-refractivity contribution in [2.45, 2.75) is 56.7 Å². The summed E-state index contributed by atoms with van der Waals surface area (Å²) in [5, 5.41) is 3.59. The van der Waals surface area contributed by atoms with Crippen LogP contribution in [-0.4, -0.2) is 51.7 Å². The molecular formula is C13H20F2N4O2S. The van der Waals surface area contributed by atoms with Crippen LogP contribution >= 0.6 is 0 Å². The van der Waals surface area contributed by atoms with Crippen molar-refractivity contribution in [3.8, 4) is 0 Å². The second kappa shape index (κ2) is 5.23. The minimum absolute atomic E-state index is 0.0130. The van der Waals surface area contributed by atoms with Gasteiger partial charge in [0.05, 0.1) is 11.3 Å². The van der Waals surface area contributed by atoms with E-state index in [-0.39, 0.29) is 31.7 Å². The number of rotatable bonds is 3. The van der Waals surface area contributed by atoms with Crippen LogP contribution in [0, 0.1) is 13.8 Å². The van der Waals surface area contributed by atoms with E-state index in [4.69, 9.17) is 0 Å². The second-order valence-corrected chi connectivity index (χ2v) is 8.43. The van der Waals surface area contributed by atoms with Crippen molar-refractivity contribution in [1.29, 1.82) is 0 Å². The summed E-state index contributed by atoms with van der Waals surface area (Å²) in [5.41, 5.74) is 0. The number of halogens is 2. The van der Waals surface area contributed by atoms with Gasteiger partial charge in [0.15, 0.2) is 0 Å². The molecule has 1 saturated heterocycles. The minimum atomic E-state index is -3.48. The van der Waals surface area contributed by atoms with Crippen LogP contribution in [0.5, 0.6) is 0 Å². The van der Waals surface area contributed by atoms with Crippen LogP contribution in [0.1, 0.15) is 43.4 Å². The highest BCUT2D eigenvalue weighted by Crippen LogP contribution is 2.38. The molecule has 9 heteroatoms. The van der Waals surface area contributed by atoms with Gasteiger partial charge >= 0.3 is 0 Å². The van der Waals surface area contributed by atoms with Gasteiger partial charge in [0.25, 0.3) is 0 Å². The van der Waals surface area contributed by atoms with Crippen molar-refractivity contribution in [2.24, 2.45) is 0 Å². The van der Waals surface area contributed by atoms with Crippen LogP contribution < -0.4 is 0 Å². The zero-order valence-corrected chi connectivity index (χ0v) is 13.5. The monoisotopic (exact) mass is 334 g/mol. The third-order valence-electron chi connectivity index (χ3n) is 4.53. The fourth-order valence-electron chi connectivity index (χ4n) is 3.18. The number of nitrogens with zero attached hydrogens (tertiary/aromatic N) is 4. The van der Waals surface area contributed by atoms with Crippen molar-refractivity contribution in [3.63, 3.8) is 0 Å². The maximum absolute atomic E-state index is 13.2. The first-order valence-corrected chi connectivity index (χ1v) is 8.96. The molecule has 2 fully saturated rings. The molecule has 2 aliphatic rings. The predicted molar refractivity (Wildman–Crippen MR) is 76.2 cm³/mol. The molecule has 22 heavy (non-hydrogen) atoms. The highest BCUT2D eigenvalue weighted by atomic mass is 32.2. The van der Waals surface area contributed by atoms with Gasteiger partial charge in [-0.3, -0.25) is 0 Å². The summed E-state index contributed by atoms with van der Waals surface area (Å²) in [7, 11) is -3.48. The summed E-state index contributed by atoms with van der Waals surface area (Å²) >= 11 is 0.